The molecule has 4 rings (SSSR count). The molecule has 0 aliphatic heterocycles. The van der Waals surface area contributed by atoms with Gasteiger partial charge in [0, 0.05) is 29.1 Å². The van der Waals surface area contributed by atoms with Crippen LogP contribution in [0.2, 0.25) is 0 Å². The van der Waals surface area contributed by atoms with Crippen LogP contribution in [0, 0.1) is 0 Å². The Bertz CT molecular complexity index is 1570. The molecular formula is C33H38BrN3O4. The zero-order chi connectivity index (χ0) is 29.2. The molecule has 0 aliphatic carbocycles. The number of carbonyl (C=O) groups is 2. The topological polar surface area (TPSA) is 96.8 Å². The van der Waals surface area contributed by atoms with E-state index in [9.17, 15) is 19.8 Å². The van der Waals surface area contributed by atoms with Crippen molar-refractivity contribution in [1.82, 2.24) is 9.13 Å². The first-order valence-electron chi connectivity index (χ1n) is 13.3. The molecule has 0 bridgehead atoms. The molecule has 216 valence electrons. The third-order valence-corrected chi connectivity index (χ3v) is 6.84. The summed E-state index contributed by atoms with van der Waals surface area (Å²) >= 11 is 0. The van der Waals surface area contributed by atoms with Gasteiger partial charge in [-0.25, -0.2) is 9.79 Å². The minimum atomic E-state index is -1.00. The van der Waals surface area contributed by atoms with E-state index >= 15 is 0 Å². The van der Waals surface area contributed by atoms with Gasteiger partial charge in [-0.2, -0.15) is 0 Å². The fourth-order valence-electron chi connectivity index (χ4n) is 4.59. The van der Waals surface area contributed by atoms with Crippen molar-refractivity contribution in [2.45, 2.75) is 65.5 Å². The van der Waals surface area contributed by atoms with Crippen molar-refractivity contribution in [2.75, 3.05) is 0 Å². The first kappa shape index (κ1) is 31.6. The third-order valence-electron chi connectivity index (χ3n) is 6.84. The van der Waals surface area contributed by atoms with Crippen molar-refractivity contribution in [3.63, 3.8) is 0 Å². The summed E-state index contributed by atoms with van der Waals surface area (Å²) < 4.78 is 3.77. The third kappa shape index (κ3) is 7.44. The zero-order valence-electron chi connectivity index (χ0n) is 24.4. The molecule has 0 saturated heterocycles. The number of halogens is 1. The Balaban J connectivity index is 0.00000462. The van der Waals surface area contributed by atoms with Crippen molar-refractivity contribution in [1.29, 1.82) is 0 Å². The van der Waals surface area contributed by atoms with Crippen LogP contribution in [0.1, 0.15) is 78.9 Å². The fourth-order valence-corrected chi connectivity index (χ4v) is 4.59. The number of benzene rings is 3. The number of phenolic OH excluding ortho intramolecular Hbond substituents is 1. The predicted octanol–water partition coefficient (Wildman–Crippen LogP) is 7.03. The molecule has 0 atom stereocenters. The second kappa shape index (κ2) is 12.3. The van der Waals surface area contributed by atoms with Gasteiger partial charge in [-0.1, -0.05) is 71.9 Å². The number of phenols is 1. The lowest BCUT2D eigenvalue weighted by molar-refractivity contribution is 0.0696. The highest BCUT2D eigenvalue weighted by Gasteiger charge is 2.28. The maximum atomic E-state index is 13.8. The molecule has 8 heteroatoms. The Morgan fingerprint density at radius 2 is 1.32 bits per heavy atom. The molecule has 0 fully saturated rings. The number of carboxylic acids is 1. The maximum absolute atomic E-state index is 13.8. The van der Waals surface area contributed by atoms with Gasteiger partial charge < -0.3 is 19.3 Å². The summed E-state index contributed by atoms with van der Waals surface area (Å²) in [7, 11) is 0. The van der Waals surface area contributed by atoms with E-state index in [0.29, 0.717) is 23.4 Å². The average molecular weight is 621 g/mol. The molecule has 0 amide bonds. The molecule has 0 saturated carbocycles. The smallest absolute Gasteiger partial charge is 0.335 e. The molecule has 1 heterocycles. The highest BCUT2D eigenvalue weighted by molar-refractivity contribution is 8.93. The van der Waals surface area contributed by atoms with Crippen molar-refractivity contribution in [3.05, 3.63) is 113 Å². The SMILES string of the molecule is Br.CC(C)(C)c1cc(C(=O)Cn2ccn(Cc3ccccc3)c2=Nc2ccc(C(=O)O)cc2)cc(C(C)(C)C)c1O. The Kier molecular flexibility index (Phi) is 9.49. The standard InChI is InChI=1S/C33H37N3O4.BrH/c1-32(2,3)26-18-24(19-27(29(26)38)33(4,5)6)28(37)21-36-17-16-35(20-22-10-8-7-9-11-22)31(36)34-25-14-12-23(13-15-25)30(39)40;/h7-19,38H,20-21H2,1-6H3,(H,39,40);1H. The quantitative estimate of drug-likeness (QED) is 0.217. The normalized spacial score (nSPS) is 12.2. The number of aromatic carboxylic acids is 1. The van der Waals surface area contributed by atoms with Gasteiger partial charge in [-0.05, 0) is 52.8 Å². The highest BCUT2D eigenvalue weighted by atomic mass is 79.9. The average Bonchev–Trinajstić information content (AvgIpc) is 3.23. The molecule has 0 spiro atoms. The number of aromatic hydroxyl groups is 1. The number of carbonyl (C=O) groups excluding carboxylic acids is 1. The molecule has 41 heavy (non-hydrogen) atoms. The first-order valence-corrected chi connectivity index (χ1v) is 13.3. The van der Waals surface area contributed by atoms with Crippen molar-refractivity contribution < 1.29 is 19.8 Å². The van der Waals surface area contributed by atoms with Crippen LogP contribution in [-0.2, 0) is 23.9 Å². The summed E-state index contributed by atoms with van der Waals surface area (Å²) in [6, 6.07) is 19.9. The van der Waals surface area contributed by atoms with E-state index in [1.807, 2.05) is 88.8 Å². The summed E-state index contributed by atoms with van der Waals surface area (Å²) in [6.07, 6.45) is 3.73. The van der Waals surface area contributed by atoms with Crippen LogP contribution in [0.15, 0.2) is 84.1 Å². The lowest BCUT2D eigenvalue weighted by atomic mass is 9.78. The first-order chi connectivity index (χ1) is 18.7. The van der Waals surface area contributed by atoms with E-state index in [0.717, 1.165) is 16.7 Å². The molecule has 7 nitrogen and oxygen atoms in total. The van der Waals surface area contributed by atoms with Gasteiger partial charge in [0.1, 0.15) is 5.75 Å². The molecule has 3 aromatic carbocycles. The molecule has 0 radical (unpaired) electrons. The van der Waals surface area contributed by atoms with Gasteiger partial charge >= 0.3 is 5.97 Å². The maximum Gasteiger partial charge on any atom is 0.335 e. The van der Waals surface area contributed by atoms with Gasteiger partial charge in [-0.3, -0.25) is 4.79 Å². The van der Waals surface area contributed by atoms with Gasteiger partial charge in [0.05, 0.1) is 24.3 Å². The van der Waals surface area contributed by atoms with E-state index in [4.69, 9.17) is 4.99 Å². The number of imidazole rings is 1. The van der Waals surface area contributed by atoms with Crippen LogP contribution in [0.25, 0.3) is 0 Å². The van der Waals surface area contributed by atoms with Gasteiger partial charge in [0.25, 0.3) is 0 Å². The summed E-state index contributed by atoms with van der Waals surface area (Å²) in [6.45, 7) is 12.7. The van der Waals surface area contributed by atoms with Crippen LogP contribution in [0.5, 0.6) is 5.75 Å². The lowest BCUT2D eigenvalue weighted by Gasteiger charge is -2.28. The number of ketones is 1. The molecular weight excluding hydrogens is 582 g/mol. The monoisotopic (exact) mass is 619 g/mol. The zero-order valence-corrected chi connectivity index (χ0v) is 26.1. The summed E-state index contributed by atoms with van der Waals surface area (Å²) in [5.41, 5.74) is 3.70. The number of hydrogen-bond donors (Lipinski definition) is 2. The second-order valence-electron chi connectivity index (χ2n) is 12.1. The van der Waals surface area contributed by atoms with Gasteiger partial charge in [-0.15, -0.1) is 17.0 Å². The van der Waals surface area contributed by atoms with Crippen LogP contribution < -0.4 is 5.62 Å². The summed E-state index contributed by atoms with van der Waals surface area (Å²) in [4.78, 5) is 29.9. The van der Waals surface area contributed by atoms with Gasteiger partial charge in [0.2, 0.25) is 5.62 Å². The number of nitrogens with zero attached hydrogens (tertiary/aromatic N) is 3. The number of aromatic nitrogens is 2. The summed E-state index contributed by atoms with van der Waals surface area (Å²) in [5.74, 6) is -0.868. The van der Waals surface area contributed by atoms with Crippen LogP contribution in [0.3, 0.4) is 0 Å². The predicted molar refractivity (Wildman–Crippen MR) is 167 cm³/mol. The number of carboxylic acid groups (broad SMARTS) is 1. The largest absolute Gasteiger partial charge is 0.507 e. The van der Waals surface area contributed by atoms with Crippen LogP contribution >= 0.6 is 17.0 Å². The van der Waals surface area contributed by atoms with E-state index in [2.05, 4.69) is 0 Å². The van der Waals surface area contributed by atoms with Crippen molar-refractivity contribution in [3.8, 4) is 5.75 Å². The van der Waals surface area contributed by atoms with E-state index in [1.165, 1.54) is 12.1 Å². The second-order valence-corrected chi connectivity index (χ2v) is 12.1. The Morgan fingerprint density at radius 1 is 0.780 bits per heavy atom. The minimum Gasteiger partial charge on any atom is -0.507 e. The molecule has 1 aromatic heterocycles. The Morgan fingerprint density at radius 3 is 1.83 bits per heavy atom. The highest BCUT2D eigenvalue weighted by Crippen LogP contribution is 2.39. The van der Waals surface area contributed by atoms with Crippen molar-refractivity contribution >= 4 is 34.4 Å². The minimum absolute atomic E-state index is 0. The van der Waals surface area contributed by atoms with Crippen LogP contribution in [-0.4, -0.2) is 31.1 Å². The van der Waals surface area contributed by atoms with Crippen LogP contribution in [0.4, 0.5) is 5.69 Å². The van der Waals surface area contributed by atoms with E-state index < -0.39 is 5.97 Å². The van der Waals surface area contributed by atoms with E-state index in [1.54, 1.807) is 28.8 Å². The summed E-state index contributed by atoms with van der Waals surface area (Å²) in [5, 5.41) is 20.3. The molecule has 2 N–H and O–H groups in total. The fraction of sp³-hybridized carbons (Fsp3) is 0.303. The lowest BCUT2D eigenvalue weighted by Crippen LogP contribution is -2.29. The Labute approximate surface area is 251 Å². The number of hydrogen-bond acceptors (Lipinski definition) is 4. The molecule has 0 aliphatic rings. The number of rotatable bonds is 7. The Hall–Kier alpha value is -3.91. The van der Waals surface area contributed by atoms with Crippen molar-refractivity contribution in [2.24, 2.45) is 4.99 Å². The number of Topliss-reactive ketones (excluding diaryl/α,β-unsaturated/α-hetero) is 1. The molecule has 4 aromatic rings. The van der Waals surface area contributed by atoms with Gasteiger partial charge in [0.15, 0.2) is 5.78 Å². The van der Waals surface area contributed by atoms with E-state index in [-0.39, 0.29) is 51.5 Å². The molecule has 0 unspecified atom stereocenters.